The van der Waals surface area contributed by atoms with Gasteiger partial charge in [-0.25, -0.2) is 9.78 Å². The summed E-state index contributed by atoms with van der Waals surface area (Å²) in [4.78, 5) is 21.2. The molecule has 0 aromatic carbocycles. The van der Waals surface area contributed by atoms with Gasteiger partial charge in [0.1, 0.15) is 17.0 Å². The second-order valence-electron chi connectivity index (χ2n) is 6.76. The second-order valence-corrected chi connectivity index (χ2v) is 6.76. The van der Waals surface area contributed by atoms with Gasteiger partial charge in [0.25, 0.3) is 0 Å². The first-order chi connectivity index (χ1) is 11.5. The molecule has 1 aromatic heterocycles. The summed E-state index contributed by atoms with van der Waals surface area (Å²) in [5.74, 6) is -0.222. The fourth-order valence-corrected chi connectivity index (χ4v) is 2.40. The predicted octanol–water partition coefficient (Wildman–Crippen LogP) is 2.96. The van der Waals surface area contributed by atoms with Gasteiger partial charge < -0.3 is 20.3 Å². The van der Waals surface area contributed by atoms with E-state index < -0.39 is 23.4 Å². The monoisotopic (exact) mass is 361 g/mol. The Labute approximate surface area is 144 Å². The number of aromatic nitrogens is 2. The molecule has 1 amide bonds. The molecule has 0 spiro atoms. The number of likely N-dealkylation sites (tertiary alicyclic amines) is 1. The van der Waals surface area contributed by atoms with Gasteiger partial charge in [-0.2, -0.15) is 18.2 Å². The maximum absolute atomic E-state index is 12.8. The molecule has 1 atom stereocenters. The number of hydrogen-bond donors (Lipinski definition) is 2. The largest absolute Gasteiger partial charge is 0.444 e. The van der Waals surface area contributed by atoms with Crippen molar-refractivity contribution in [2.75, 3.05) is 30.8 Å². The van der Waals surface area contributed by atoms with E-state index in [4.69, 9.17) is 4.74 Å². The Hall–Kier alpha value is -2.26. The van der Waals surface area contributed by atoms with Crippen molar-refractivity contribution in [1.29, 1.82) is 0 Å². The molecule has 25 heavy (non-hydrogen) atoms. The highest BCUT2D eigenvalue weighted by molar-refractivity contribution is 5.68. The van der Waals surface area contributed by atoms with Crippen LogP contribution in [-0.4, -0.2) is 52.7 Å². The van der Waals surface area contributed by atoms with Crippen LogP contribution >= 0.6 is 0 Å². The molecule has 1 aliphatic rings. The Morgan fingerprint density at radius 2 is 2.04 bits per heavy atom. The van der Waals surface area contributed by atoms with Crippen molar-refractivity contribution in [3.05, 3.63) is 11.8 Å². The van der Waals surface area contributed by atoms with Crippen LogP contribution in [0.25, 0.3) is 0 Å². The lowest BCUT2D eigenvalue weighted by atomic mass is 10.2. The average molecular weight is 361 g/mol. The van der Waals surface area contributed by atoms with Crippen molar-refractivity contribution in [2.24, 2.45) is 0 Å². The van der Waals surface area contributed by atoms with Crippen molar-refractivity contribution in [3.8, 4) is 0 Å². The van der Waals surface area contributed by atoms with E-state index in [9.17, 15) is 18.0 Å². The lowest BCUT2D eigenvalue weighted by molar-refractivity contribution is -0.137. The summed E-state index contributed by atoms with van der Waals surface area (Å²) in [6.45, 7) is 6.21. The number of hydrogen-bond acceptors (Lipinski definition) is 6. The number of alkyl halides is 3. The maximum Gasteiger partial charge on any atom is 0.421 e. The number of anilines is 2. The van der Waals surface area contributed by atoms with Crippen LogP contribution in [0.3, 0.4) is 0 Å². The normalized spacial score (nSPS) is 18.2. The molecule has 1 aliphatic heterocycles. The molecule has 2 N–H and O–H groups in total. The summed E-state index contributed by atoms with van der Waals surface area (Å²) < 4.78 is 43.8. The Balaban J connectivity index is 2.01. The number of halogens is 3. The first kappa shape index (κ1) is 19.1. The van der Waals surface area contributed by atoms with E-state index >= 15 is 0 Å². The molecule has 0 aliphatic carbocycles. The minimum atomic E-state index is -4.53. The van der Waals surface area contributed by atoms with E-state index in [0.717, 1.165) is 6.20 Å². The topological polar surface area (TPSA) is 79.4 Å². The van der Waals surface area contributed by atoms with Gasteiger partial charge in [0, 0.05) is 32.4 Å². The van der Waals surface area contributed by atoms with Crippen molar-refractivity contribution >= 4 is 17.9 Å². The summed E-state index contributed by atoms with van der Waals surface area (Å²) in [5, 5.41) is 5.39. The van der Waals surface area contributed by atoms with Gasteiger partial charge in [0.05, 0.1) is 0 Å². The van der Waals surface area contributed by atoms with Crippen molar-refractivity contribution in [1.82, 2.24) is 14.9 Å². The van der Waals surface area contributed by atoms with Gasteiger partial charge in [0.2, 0.25) is 5.95 Å². The minimum Gasteiger partial charge on any atom is -0.444 e. The quantitative estimate of drug-likeness (QED) is 0.862. The molecule has 7 nitrogen and oxygen atoms in total. The average Bonchev–Trinajstić information content (AvgIpc) is 2.93. The van der Waals surface area contributed by atoms with E-state index in [2.05, 4.69) is 20.6 Å². The molecule has 0 saturated carbocycles. The standard InChI is InChI=1S/C15H22F3N5O2/c1-14(2,3)25-13(24)23-6-5-9(8-23)21-12-20-7-10(15(16,17)18)11(19-4)22-12/h7,9H,5-6,8H2,1-4H3,(H2,19,20,21,22)/t9-/m1/s1. The minimum absolute atomic E-state index is 0.0772. The molecule has 1 fully saturated rings. The zero-order valence-corrected chi connectivity index (χ0v) is 14.6. The highest BCUT2D eigenvalue weighted by Crippen LogP contribution is 2.33. The van der Waals surface area contributed by atoms with Gasteiger partial charge in [-0.3, -0.25) is 0 Å². The second kappa shape index (κ2) is 6.93. The molecular weight excluding hydrogens is 339 g/mol. The molecule has 2 rings (SSSR count). The molecule has 140 valence electrons. The molecule has 0 bridgehead atoms. The van der Waals surface area contributed by atoms with Gasteiger partial charge in [-0.05, 0) is 27.2 Å². The van der Waals surface area contributed by atoms with E-state index in [1.807, 2.05) is 0 Å². The zero-order valence-electron chi connectivity index (χ0n) is 14.6. The van der Waals surface area contributed by atoms with Crippen LogP contribution in [0.1, 0.15) is 32.8 Å². The van der Waals surface area contributed by atoms with Gasteiger partial charge in [-0.1, -0.05) is 0 Å². The van der Waals surface area contributed by atoms with Gasteiger partial charge >= 0.3 is 12.3 Å². The highest BCUT2D eigenvalue weighted by Gasteiger charge is 2.35. The Kier molecular flexibility index (Phi) is 5.28. The molecule has 1 aromatic rings. The number of rotatable bonds is 3. The van der Waals surface area contributed by atoms with Crippen molar-refractivity contribution in [2.45, 2.75) is 45.0 Å². The highest BCUT2D eigenvalue weighted by atomic mass is 19.4. The summed E-state index contributed by atoms with van der Waals surface area (Å²) >= 11 is 0. The first-order valence-corrected chi connectivity index (χ1v) is 7.86. The fourth-order valence-electron chi connectivity index (χ4n) is 2.40. The summed E-state index contributed by atoms with van der Waals surface area (Å²) in [5.41, 5.74) is -1.51. The molecular formula is C15H22F3N5O2. The van der Waals surface area contributed by atoms with E-state index in [1.165, 1.54) is 7.05 Å². The van der Waals surface area contributed by atoms with Crippen LogP contribution in [0.15, 0.2) is 6.20 Å². The van der Waals surface area contributed by atoms with E-state index in [0.29, 0.717) is 19.5 Å². The third-order valence-corrected chi connectivity index (χ3v) is 3.50. The van der Waals surface area contributed by atoms with Crippen molar-refractivity contribution < 1.29 is 22.7 Å². The SMILES string of the molecule is CNc1nc(N[C@@H]2CCN(C(=O)OC(C)(C)C)C2)ncc1C(F)(F)F. The molecule has 0 unspecified atom stereocenters. The van der Waals surface area contributed by atoms with Crippen LogP contribution in [0.2, 0.25) is 0 Å². The first-order valence-electron chi connectivity index (χ1n) is 7.86. The van der Waals surface area contributed by atoms with Gasteiger partial charge in [-0.15, -0.1) is 0 Å². The Bertz CT molecular complexity index is 631. The smallest absolute Gasteiger partial charge is 0.421 e. The van der Waals surface area contributed by atoms with E-state index in [-0.39, 0.29) is 17.8 Å². The third kappa shape index (κ3) is 5.10. The molecule has 10 heteroatoms. The van der Waals surface area contributed by atoms with Crippen LogP contribution < -0.4 is 10.6 Å². The maximum atomic E-state index is 12.8. The lowest BCUT2D eigenvalue weighted by Gasteiger charge is -2.24. The number of nitrogens with zero attached hydrogens (tertiary/aromatic N) is 3. The molecule has 1 saturated heterocycles. The van der Waals surface area contributed by atoms with Crippen LogP contribution in [0.4, 0.5) is 29.7 Å². The Morgan fingerprint density at radius 3 is 2.60 bits per heavy atom. The number of ether oxygens (including phenoxy) is 1. The lowest BCUT2D eigenvalue weighted by Crippen LogP contribution is -2.36. The summed E-state index contributed by atoms with van der Waals surface area (Å²) in [6, 6.07) is -0.158. The number of nitrogens with one attached hydrogen (secondary N) is 2. The predicted molar refractivity (Wildman–Crippen MR) is 86.4 cm³/mol. The number of carbonyl (C=O) groups excluding carboxylic acids is 1. The number of carbonyl (C=O) groups is 1. The summed E-state index contributed by atoms with van der Waals surface area (Å²) in [7, 11) is 1.36. The fraction of sp³-hybridized carbons (Fsp3) is 0.667. The number of amides is 1. The van der Waals surface area contributed by atoms with Crippen LogP contribution in [-0.2, 0) is 10.9 Å². The molecule has 2 heterocycles. The van der Waals surface area contributed by atoms with E-state index in [1.54, 1.807) is 25.7 Å². The van der Waals surface area contributed by atoms with Crippen LogP contribution in [0.5, 0.6) is 0 Å². The molecule has 0 radical (unpaired) electrons. The third-order valence-electron chi connectivity index (χ3n) is 3.50. The van der Waals surface area contributed by atoms with Gasteiger partial charge in [0.15, 0.2) is 0 Å². The van der Waals surface area contributed by atoms with Crippen LogP contribution in [0, 0.1) is 0 Å². The van der Waals surface area contributed by atoms with Crippen molar-refractivity contribution in [3.63, 3.8) is 0 Å². The summed E-state index contributed by atoms with van der Waals surface area (Å²) in [6.07, 6.45) is -3.58. The zero-order chi connectivity index (χ0) is 18.8. The Morgan fingerprint density at radius 1 is 1.36 bits per heavy atom.